The summed E-state index contributed by atoms with van der Waals surface area (Å²) in [6.07, 6.45) is 3.05. The highest BCUT2D eigenvalue weighted by Gasteiger charge is 2.34. The van der Waals surface area contributed by atoms with Gasteiger partial charge in [0.25, 0.3) is 5.91 Å². The molecule has 2 aromatic rings. The summed E-state index contributed by atoms with van der Waals surface area (Å²) in [7, 11) is -3.67. The third kappa shape index (κ3) is 4.52. The van der Waals surface area contributed by atoms with Gasteiger partial charge in [-0.15, -0.1) is 0 Å². The van der Waals surface area contributed by atoms with Gasteiger partial charge in [-0.2, -0.15) is 4.31 Å². The molecule has 0 radical (unpaired) electrons. The molecule has 2 amide bonds. The van der Waals surface area contributed by atoms with E-state index in [1.165, 1.54) is 10.4 Å². The predicted molar refractivity (Wildman–Crippen MR) is 115 cm³/mol. The molecule has 1 aromatic carbocycles. The molecule has 0 saturated carbocycles. The van der Waals surface area contributed by atoms with Crippen molar-refractivity contribution >= 4 is 27.5 Å². The third-order valence-electron chi connectivity index (χ3n) is 5.89. The number of furan rings is 1. The van der Waals surface area contributed by atoms with Crippen LogP contribution in [0.2, 0.25) is 0 Å². The zero-order chi connectivity index (χ0) is 22.0. The van der Waals surface area contributed by atoms with Crippen LogP contribution in [0.15, 0.2) is 45.7 Å². The molecule has 4 rings (SSSR count). The van der Waals surface area contributed by atoms with Crippen molar-refractivity contribution in [1.82, 2.24) is 9.21 Å². The van der Waals surface area contributed by atoms with E-state index < -0.39 is 10.0 Å². The Balaban J connectivity index is 1.46. The molecule has 2 fully saturated rings. The van der Waals surface area contributed by atoms with Crippen LogP contribution < -0.4 is 5.32 Å². The second-order valence-electron chi connectivity index (χ2n) is 8.09. The van der Waals surface area contributed by atoms with Crippen LogP contribution in [0.4, 0.5) is 5.69 Å². The van der Waals surface area contributed by atoms with E-state index in [1.807, 2.05) is 30.3 Å². The Hall–Kier alpha value is -2.65. The summed E-state index contributed by atoms with van der Waals surface area (Å²) in [4.78, 5) is 27.3. The summed E-state index contributed by atoms with van der Waals surface area (Å²) in [5.41, 5.74) is 0.717. The lowest BCUT2D eigenvalue weighted by atomic mass is 9.96. The second kappa shape index (κ2) is 8.84. The molecule has 1 atom stereocenters. The zero-order valence-corrected chi connectivity index (χ0v) is 18.4. The summed E-state index contributed by atoms with van der Waals surface area (Å²) in [6.45, 7) is 3.31. The van der Waals surface area contributed by atoms with Gasteiger partial charge in [-0.3, -0.25) is 9.59 Å². The van der Waals surface area contributed by atoms with Crippen LogP contribution in [-0.4, -0.2) is 55.6 Å². The normalized spacial score (nSPS) is 20.0. The second-order valence-corrected chi connectivity index (χ2v) is 9.99. The van der Waals surface area contributed by atoms with Crippen molar-refractivity contribution in [2.45, 2.75) is 37.5 Å². The Morgan fingerprint density at radius 3 is 2.48 bits per heavy atom. The molecule has 0 aliphatic carbocycles. The first-order chi connectivity index (χ1) is 14.9. The van der Waals surface area contributed by atoms with Crippen LogP contribution in [0.1, 0.15) is 42.0 Å². The monoisotopic (exact) mass is 445 g/mol. The maximum absolute atomic E-state index is 13.0. The lowest BCUT2D eigenvalue weighted by Crippen LogP contribution is -2.43. The Morgan fingerprint density at radius 1 is 1.06 bits per heavy atom. The average Bonchev–Trinajstić information content (AvgIpc) is 3.45. The minimum absolute atomic E-state index is 0.000565. The Labute approximate surface area is 182 Å². The number of carbonyl (C=O) groups excluding carboxylic acids is 2. The van der Waals surface area contributed by atoms with Crippen LogP contribution >= 0.6 is 0 Å². The number of para-hydroxylation sites is 1. The van der Waals surface area contributed by atoms with E-state index >= 15 is 0 Å². The van der Waals surface area contributed by atoms with Gasteiger partial charge in [0.05, 0.1) is 5.92 Å². The number of rotatable bonds is 5. The largest absolute Gasteiger partial charge is 0.455 e. The number of benzene rings is 1. The molecule has 31 heavy (non-hydrogen) atoms. The molecule has 0 bridgehead atoms. The van der Waals surface area contributed by atoms with Crippen molar-refractivity contribution in [2.75, 3.05) is 31.5 Å². The molecular weight excluding hydrogens is 418 g/mol. The van der Waals surface area contributed by atoms with Gasteiger partial charge >= 0.3 is 0 Å². The zero-order valence-electron chi connectivity index (χ0n) is 17.5. The van der Waals surface area contributed by atoms with Crippen molar-refractivity contribution in [3.05, 3.63) is 47.9 Å². The Kier molecular flexibility index (Phi) is 6.15. The van der Waals surface area contributed by atoms with Crippen molar-refractivity contribution in [1.29, 1.82) is 0 Å². The molecule has 166 valence electrons. The number of piperidine rings is 1. The first-order valence-corrected chi connectivity index (χ1v) is 12.1. The molecule has 8 nitrogen and oxygen atoms in total. The summed E-state index contributed by atoms with van der Waals surface area (Å²) in [6, 6.07) is 10.5. The molecule has 0 unspecified atom stereocenters. The number of anilines is 1. The Bertz CT molecular complexity index is 1060. The van der Waals surface area contributed by atoms with Crippen LogP contribution in [0, 0.1) is 12.8 Å². The molecule has 1 aromatic heterocycles. The molecule has 2 aliphatic rings. The third-order valence-corrected chi connectivity index (χ3v) is 7.89. The topological polar surface area (TPSA) is 99.9 Å². The number of carbonyl (C=O) groups is 2. The van der Waals surface area contributed by atoms with Gasteiger partial charge in [0.2, 0.25) is 15.9 Å². The SMILES string of the molecule is Cc1oc(C(=O)N2CCC[C@@H](C(=O)Nc3ccccc3)C2)cc1S(=O)(=O)N1CCCC1. The minimum Gasteiger partial charge on any atom is -0.455 e. The number of nitrogens with one attached hydrogen (secondary N) is 1. The minimum atomic E-state index is -3.67. The van der Waals surface area contributed by atoms with Crippen molar-refractivity contribution in [3.63, 3.8) is 0 Å². The quantitative estimate of drug-likeness (QED) is 0.763. The highest BCUT2D eigenvalue weighted by atomic mass is 32.2. The molecule has 1 N–H and O–H groups in total. The van der Waals surface area contributed by atoms with E-state index in [1.54, 1.807) is 11.8 Å². The average molecular weight is 446 g/mol. The smallest absolute Gasteiger partial charge is 0.289 e. The Morgan fingerprint density at radius 2 is 1.77 bits per heavy atom. The molecule has 2 saturated heterocycles. The molecule has 2 aliphatic heterocycles. The predicted octanol–water partition coefficient (Wildman–Crippen LogP) is 2.86. The number of aryl methyl sites for hydroxylation is 1. The van der Waals surface area contributed by atoms with Gasteiger partial charge in [0.15, 0.2) is 5.76 Å². The summed E-state index contributed by atoms with van der Waals surface area (Å²) < 4.78 is 32.7. The van der Waals surface area contributed by atoms with E-state index in [0.717, 1.165) is 18.5 Å². The first-order valence-electron chi connectivity index (χ1n) is 10.6. The highest BCUT2D eigenvalue weighted by Crippen LogP contribution is 2.28. The standard InChI is InChI=1S/C22H27N3O5S/c1-16-20(31(28,29)25-12-5-6-13-25)14-19(30-16)22(27)24-11-7-8-17(15-24)21(26)23-18-9-3-2-4-10-18/h2-4,9-10,14,17H,5-8,11-13,15H2,1H3,(H,23,26)/t17-/m1/s1. The van der Waals surface area contributed by atoms with E-state index in [2.05, 4.69) is 5.32 Å². The van der Waals surface area contributed by atoms with Gasteiger partial charge < -0.3 is 14.6 Å². The lowest BCUT2D eigenvalue weighted by molar-refractivity contribution is -0.121. The van der Waals surface area contributed by atoms with Crippen LogP contribution in [0.25, 0.3) is 0 Å². The van der Waals surface area contributed by atoms with Gasteiger partial charge in [-0.05, 0) is 44.7 Å². The number of hydrogen-bond donors (Lipinski definition) is 1. The number of nitrogens with zero attached hydrogens (tertiary/aromatic N) is 2. The van der Waals surface area contributed by atoms with Gasteiger partial charge in [-0.25, -0.2) is 8.42 Å². The van der Waals surface area contributed by atoms with Gasteiger partial charge in [0, 0.05) is 37.9 Å². The van der Waals surface area contributed by atoms with Crippen molar-refractivity contribution < 1.29 is 22.4 Å². The summed E-state index contributed by atoms with van der Waals surface area (Å²) in [5.74, 6) is -0.633. The molecule has 9 heteroatoms. The fraction of sp³-hybridized carbons (Fsp3) is 0.455. The maximum atomic E-state index is 13.0. The highest BCUT2D eigenvalue weighted by molar-refractivity contribution is 7.89. The van der Waals surface area contributed by atoms with Crippen molar-refractivity contribution in [3.8, 4) is 0 Å². The fourth-order valence-electron chi connectivity index (χ4n) is 4.19. The van der Waals surface area contributed by atoms with Crippen molar-refractivity contribution in [2.24, 2.45) is 5.92 Å². The number of hydrogen-bond acceptors (Lipinski definition) is 5. The fourth-order valence-corrected chi connectivity index (χ4v) is 5.87. The van der Waals surface area contributed by atoms with E-state index in [0.29, 0.717) is 32.5 Å². The number of likely N-dealkylation sites (tertiary alicyclic amines) is 1. The lowest BCUT2D eigenvalue weighted by Gasteiger charge is -2.31. The molecule has 3 heterocycles. The van der Waals surface area contributed by atoms with E-state index in [9.17, 15) is 18.0 Å². The number of amides is 2. The number of sulfonamides is 1. The molecule has 0 spiro atoms. The summed E-state index contributed by atoms with van der Waals surface area (Å²) in [5, 5.41) is 2.89. The maximum Gasteiger partial charge on any atom is 0.289 e. The van der Waals surface area contributed by atoms with E-state index in [-0.39, 0.29) is 40.7 Å². The van der Waals surface area contributed by atoms with E-state index in [4.69, 9.17) is 4.42 Å². The van der Waals surface area contributed by atoms with Crippen LogP contribution in [-0.2, 0) is 14.8 Å². The van der Waals surface area contributed by atoms with Gasteiger partial charge in [-0.1, -0.05) is 18.2 Å². The molecular formula is C22H27N3O5S. The van der Waals surface area contributed by atoms with Gasteiger partial charge in [0.1, 0.15) is 10.7 Å². The summed E-state index contributed by atoms with van der Waals surface area (Å²) >= 11 is 0. The first kappa shape index (κ1) is 21.6. The van der Waals surface area contributed by atoms with Crippen LogP contribution in [0.3, 0.4) is 0 Å². The van der Waals surface area contributed by atoms with Crippen LogP contribution in [0.5, 0.6) is 0 Å².